The van der Waals surface area contributed by atoms with Gasteiger partial charge in [0.1, 0.15) is 0 Å². The molecule has 0 amide bonds. The van der Waals surface area contributed by atoms with E-state index in [0.29, 0.717) is 12.2 Å². The SMILES string of the molecule is CCCCCCCC(O)C=C(C)C(=O)OCCCC. The van der Waals surface area contributed by atoms with E-state index in [4.69, 9.17) is 4.74 Å². The Kier molecular flexibility index (Phi) is 11.7. The first-order valence-electron chi connectivity index (χ1n) is 7.65. The molecule has 0 aromatic heterocycles. The van der Waals surface area contributed by atoms with Gasteiger partial charge >= 0.3 is 5.97 Å². The number of hydrogen-bond acceptors (Lipinski definition) is 3. The number of carbonyl (C=O) groups is 1. The Hall–Kier alpha value is -0.830. The van der Waals surface area contributed by atoms with Gasteiger partial charge in [0.15, 0.2) is 0 Å². The second-order valence-corrected chi connectivity index (χ2v) is 5.11. The van der Waals surface area contributed by atoms with Gasteiger partial charge in [-0.3, -0.25) is 0 Å². The van der Waals surface area contributed by atoms with Crippen molar-refractivity contribution in [1.29, 1.82) is 0 Å². The van der Waals surface area contributed by atoms with E-state index in [1.54, 1.807) is 13.0 Å². The average molecular weight is 270 g/mol. The van der Waals surface area contributed by atoms with Gasteiger partial charge in [0, 0.05) is 5.57 Å². The van der Waals surface area contributed by atoms with Gasteiger partial charge in [0.05, 0.1) is 12.7 Å². The highest BCUT2D eigenvalue weighted by molar-refractivity contribution is 5.87. The molecule has 0 aliphatic rings. The van der Waals surface area contributed by atoms with Crippen LogP contribution in [0.3, 0.4) is 0 Å². The van der Waals surface area contributed by atoms with Crippen LogP contribution in [0.25, 0.3) is 0 Å². The summed E-state index contributed by atoms with van der Waals surface area (Å²) >= 11 is 0. The second-order valence-electron chi connectivity index (χ2n) is 5.11. The van der Waals surface area contributed by atoms with Gasteiger partial charge in [-0.1, -0.05) is 52.4 Å². The molecule has 0 aromatic carbocycles. The first-order valence-corrected chi connectivity index (χ1v) is 7.65. The topological polar surface area (TPSA) is 46.5 Å². The van der Waals surface area contributed by atoms with Crippen molar-refractivity contribution in [2.24, 2.45) is 0 Å². The van der Waals surface area contributed by atoms with E-state index >= 15 is 0 Å². The van der Waals surface area contributed by atoms with Gasteiger partial charge in [-0.15, -0.1) is 0 Å². The lowest BCUT2D eigenvalue weighted by Crippen LogP contribution is -2.10. The lowest BCUT2D eigenvalue weighted by atomic mass is 10.1. The van der Waals surface area contributed by atoms with Gasteiger partial charge in [-0.25, -0.2) is 4.79 Å². The summed E-state index contributed by atoms with van der Waals surface area (Å²) in [6.45, 7) is 6.41. The van der Waals surface area contributed by atoms with Crippen molar-refractivity contribution in [3.8, 4) is 0 Å². The molecule has 1 N–H and O–H groups in total. The van der Waals surface area contributed by atoms with E-state index in [2.05, 4.69) is 13.8 Å². The van der Waals surface area contributed by atoms with Crippen LogP contribution >= 0.6 is 0 Å². The molecule has 0 aliphatic heterocycles. The largest absolute Gasteiger partial charge is 0.462 e. The molecule has 1 unspecified atom stereocenters. The summed E-state index contributed by atoms with van der Waals surface area (Å²) in [6, 6.07) is 0. The fraction of sp³-hybridized carbons (Fsp3) is 0.812. The van der Waals surface area contributed by atoms with E-state index in [-0.39, 0.29) is 5.97 Å². The molecule has 0 rings (SSSR count). The molecule has 0 spiro atoms. The monoisotopic (exact) mass is 270 g/mol. The van der Waals surface area contributed by atoms with Crippen LogP contribution in [0.4, 0.5) is 0 Å². The van der Waals surface area contributed by atoms with Gasteiger partial charge < -0.3 is 9.84 Å². The van der Waals surface area contributed by atoms with Crippen molar-refractivity contribution >= 4 is 5.97 Å². The Balaban J connectivity index is 3.82. The van der Waals surface area contributed by atoms with Gasteiger partial charge in [-0.2, -0.15) is 0 Å². The molecule has 0 aromatic rings. The maximum Gasteiger partial charge on any atom is 0.333 e. The van der Waals surface area contributed by atoms with Crippen molar-refractivity contribution in [3.05, 3.63) is 11.6 Å². The zero-order valence-electron chi connectivity index (χ0n) is 12.8. The molecule has 0 heterocycles. The van der Waals surface area contributed by atoms with Crippen LogP contribution in [0.5, 0.6) is 0 Å². The summed E-state index contributed by atoms with van der Waals surface area (Å²) in [7, 11) is 0. The number of rotatable bonds is 11. The fourth-order valence-corrected chi connectivity index (χ4v) is 1.82. The van der Waals surface area contributed by atoms with Gasteiger partial charge in [0.2, 0.25) is 0 Å². The third-order valence-corrected chi connectivity index (χ3v) is 3.10. The lowest BCUT2D eigenvalue weighted by Gasteiger charge is -2.08. The molecule has 3 heteroatoms. The zero-order chi connectivity index (χ0) is 14.5. The van der Waals surface area contributed by atoms with Crippen molar-refractivity contribution < 1.29 is 14.6 Å². The Morgan fingerprint density at radius 1 is 1.11 bits per heavy atom. The predicted molar refractivity (Wildman–Crippen MR) is 79.0 cm³/mol. The van der Waals surface area contributed by atoms with E-state index in [9.17, 15) is 9.90 Å². The molecule has 19 heavy (non-hydrogen) atoms. The highest BCUT2D eigenvalue weighted by atomic mass is 16.5. The molecule has 1 atom stereocenters. The van der Waals surface area contributed by atoms with Gasteiger partial charge in [-0.05, 0) is 25.8 Å². The van der Waals surface area contributed by atoms with Crippen molar-refractivity contribution in [1.82, 2.24) is 0 Å². The van der Waals surface area contributed by atoms with Crippen molar-refractivity contribution in [2.45, 2.75) is 78.2 Å². The number of aliphatic hydroxyl groups is 1. The molecule has 0 saturated heterocycles. The average Bonchev–Trinajstić information content (AvgIpc) is 2.38. The summed E-state index contributed by atoms with van der Waals surface area (Å²) < 4.78 is 5.08. The van der Waals surface area contributed by atoms with E-state index in [0.717, 1.165) is 32.1 Å². The standard InChI is InChI=1S/C16H30O3/c1-4-6-8-9-10-11-15(17)13-14(3)16(18)19-12-7-5-2/h13,15,17H,4-12H2,1-3H3. The normalized spacial score (nSPS) is 13.4. The molecule has 3 nitrogen and oxygen atoms in total. The summed E-state index contributed by atoms with van der Waals surface area (Å²) in [6.07, 6.45) is 9.59. The summed E-state index contributed by atoms with van der Waals surface area (Å²) in [4.78, 5) is 11.6. The Bertz CT molecular complexity index is 259. The van der Waals surface area contributed by atoms with Crippen LogP contribution in [0.15, 0.2) is 11.6 Å². The lowest BCUT2D eigenvalue weighted by molar-refractivity contribution is -0.139. The molecule has 0 aliphatic carbocycles. The third-order valence-electron chi connectivity index (χ3n) is 3.10. The van der Waals surface area contributed by atoms with Crippen LogP contribution in [0.2, 0.25) is 0 Å². The number of hydrogen-bond donors (Lipinski definition) is 1. The quantitative estimate of drug-likeness (QED) is 0.351. The number of aliphatic hydroxyl groups excluding tert-OH is 1. The zero-order valence-corrected chi connectivity index (χ0v) is 12.8. The Morgan fingerprint density at radius 2 is 1.74 bits per heavy atom. The first kappa shape index (κ1) is 18.2. The highest BCUT2D eigenvalue weighted by Gasteiger charge is 2.08. The number of carbonyl (C=O) groups excluding carboxylic acids is 1. The molecule has 0 radical (unpaired) electrons. The van der Waals surface area contributed by atoms with E-state index in [1.807, 2.05) is 0 Å². The summed E-state index contributed by atoms with van der Waals surface area (Å²) in [5, 5.41) is 9.81. The molecule has 0 bridgehead atoms. The Labute approximate surface area is 118 Å². The van der Waals surface area contributed by atoms with Crippen LogP contribution in [0.1, 0.15) is 72.1 Å². The van der Waals surface area contributed by atoms with Crippen molar-refractivity contribution in [2.75, 3.05) is 6.61 Å². The third kappa shape index (κ3) is 10.8. The van der Waals surface area contributed by atoms with Crippen LogP contribution in [-0.2, 0) is 9.53 Å². The molecular weight excluding hydrogens is 240 g/mol. The summed E-state index contributed by atoms with van der Waals surface area (Å²) in [5.41, 5.74) is 0.511. The van der Waals surface area contributed by atoms with Crippen LogP contribution in [0, 0.1) is 0 Å². The number of unbranched alkanes of at least 4 members (excludes halogenated alkanes) is 5. The van der Waals surface area contributed by atoms with E-state index in [1.165, 1.54) is 19.3 Å². The minimum atomic E-state index is -0.527. The molecule has 112 valence electrons. The minimum absolute atomic E-state index is 0.307. The highest BCUT2D eigenvalue weighted by Crippen LogP contribution is 2.10. The maximum atomic E-state index is 11.6. The molecule has 0 fully saturated rings. The number of ether oxygens (including phenoxy) is 1. The van der Waals surface area contributed by atoms with Crippen molar-refractivity contribution in [3.63, 3.8) is 0 Å². The number of esters is 1. The molecular formula is C16H30O3. The van der Waals surface area contributed by atoms with Gasteiger partial charge in [0.25, 0.3) is 0 Å². The fourth-order valence-electron chi connectivity index (χ4n) is 1.82. The first-order chi connectivity index (χ1) is 9.11. The second kappa shape index (κ2) is 12.2. The predicted octanol–water partition coefficient (Wildman–Crippen LogP) is 4.00. The maximum absolute atomic E-state index is 11.6. The summed E-state index contributed by atoms with van der Waals surface area (Å²) in [5.74, 6) is -0.307. The van der Waals surface area contributed by atoms with Crippen LogP contribution < -0.4 is 0 Å². The smallest absolute Gasteiger partial charge is 0.333 e. The van der Waals surface area contributed by atoms with Crippen LogP contribution in [-0.4, -0.2) is 23.8 Å². The molecule has 0 saturated carbocycles. The Morgan fingerprint density at radius 3 is 2.37 bits per heavy atom. The minimum Gasteiger partial charge on any atom is -0.462 e. The van der Waals surface area contributed by atoms with E-state index < -0.39 is 6.10 Å².